The molecular weight excluding hydrogens is 196 g/mol. The Kier molecular flexibility index (Phi) is 4.08. The standard InChI is InChI=1S/C11H18O2S/c1-9-4-6-13-10(9)8-14-7-5-11(2,3)12/h4,6,12H,5,7-8H2,1-3H3. The third-order valence-corrected chi connectivity index (χ3v) is 3.02. The zero-order valence-electron chi connectivity index (χ0n) is 9.04. The minimum absolute atomic E-state index is 0.550. The van der Waals surface area contributed by atoms with E-state index in [2.05, 4.69) is 6.92 Å². The monoisotopic (exact) mass is 214 g/mol. The van der Waals surface area contributed by atoms with Gasteiger partial charge in [-0.1, -0.05) is 0 Å². The normalized spacial score (nSPS) is 12.0. The summed E-state index contributed by atoms with van der Waals surface area (Å²) in [5, 5.41) is 9.49. The van der Waals surface area contributed by atoms with Crippen molar-refractivity contribution in [3.63, 3.8) is 0 Å². The van der Waals surface area contributed by atoms with Gasteiger partial charge in [0.05, 0.1) is 17.6 Å². The van der Waals surface area contributed by atoms with E-state index in [0.717, 1.165) is 23.7 Å². The lowest BCUT2D eigenvalue weighted by molar-refractivity contribution is 0.0777. The van der Waals surface area contributed by atoms with Gasteiger partial charge in [0.25, 0.3) is 0 Å². The van der Waals surface area contributed by atoms with Crippen LogP contribution in [0.4, 0.5) is 0 Å². The van der Waals surface area contributed by atoms with E-state index in [-0.39, 0.29) is 0 Å². The van der Waals surface area contributed by atoms with Crippen LogP contribution in [-0.4, -0.2) is 16.5 Å². The molecule has 1 aromatic rings. The van der Waals surface area contributed by atoms with E-state index < -0.39 is 5.60 Å². The van der Waals surface area contributed by atoms with Gasteiger partial charge in [-0.25, -0.2) is 0 Å². The van der Waals surface area contributed by atoms with Crippen LogP contribution < -0.4 is 0 Å². The third-order valence-electron chi connectivity index (χ3n) is 2.06. The largest absolute Gasteiger partial charge is 0.468 e. The van der Waals surface area contributed by atoms with Gasteiger partial charge >= 0.3 is 0 Å². The fourth-order valence-electron chi connectivity index (χ4n) is 1.04. The first kappa shape index (κ1) is 11.7. The fraction of sp³-hybridized carbons (Fsp3) is 0.636. The van der Waals surface area contributed by atoms with E-state index in [1.54, 1.807) is 18.0 Å². The minimum Gasteiger partial charge on any atom is -0.468 e. The molecule has 3 heteroatoms. The summed E-state index contributed by atoms with van der Waals surface area (Å²) >= 11 is 1.80. The molecule has 14 heavy (non-hydrogen) atoms. The predicted molar refractivity (Wildman–Crippen MR) is 60.5 cm³/mol. The number of aliphatic hydroxyl groups is 1. The van der Waals surface area contributed by atoms with Gasteiger partial charge in [-0.05, 0) is 44.6 Å². The van der Waals surface area contributed by atoms with Crippen LogP contribution >= 0.6 is 11.8 Å². The summed E-state index contributed by atoms with van der Waals surface area (Å²) in [6.45, 7) is 5.73. The highest BCUT2D eigenvalue weighted by molar-refractivity contribution is 7.98. The van der Waals surface area contributed by atoms with Crippen molar-refractivity contribution in [1.29, 1.82) is 0 Å². The quantitative estimate of drug-likeness (QED) is 0.765. The van der Waals surface area contributed by atoms with E-state index in [0.29, 0.717) is 0 Å². The topological polar surface area (TPSA) is 33.4 Å². The number of rotatable bonds is 5. The molecule has 0 aromatic carbocycles. The first-order valence-electron chi connectivity index (χ1n) is 4.82. The van der Waals surface area contributed by atoms with Gasteiger partial charge in [0.15, 0.2) is 0 Å². The highest BCUT2D eigenvalue weighted by Crippen LogP contribution is 2.19. The smallest absolute Gasteiger partial charge is 0.116 e. The van der Waals surface area contributed by atoms with E-state index in [4.69, 9.17) is 4.42 Å². The summed E-state index contributed by atoms with van der Waals surface area (Å²) in [4.78, 5) is 0. The molecule has 2 nitrogen and oxygen atoms in total. The lowest BCUT2D eigenvalue weighted by Crippen LogP contribution is -2.19. The van der Waals surface area contributed by atoms with Crippen LogP contribution in [0.15, 0.2) is 16.7 Å². The van der Waals surface area contributed by atoms with Gasteiger partial charge in [0, 0.05) is 0 Å². The zero-order chi connectivity index (χ0) is 10.6. The van der Waals surface area contributed by atoms with Crippen LogP contribution in [-0.2, 0) is 5.75 Å². The number of hydrogen-bond donors (Lipinski definition) is 1. The SMILES string of the molecule is Cc1ccoc1CSCCC(C)(C)O. The Hall–Kier alpha value is -0.410. The summed E-state index contributed by atoms with van der Waals surface area (Å²) in [6.07, 6.45) is 2.54. The van der Waals surface area contributed by atoms with Crippen molar-refractivity contribution in [2.75, 3.05) is 5.75 Å². The molecule has 0 bridgehead atoms. The van der Waals surface area contributed by atoms with Gasteiger partial charge in [0.2, 0.25) is 0 Å². The summed E-state index contributed by atoms with van der Waals surface area (Å²) < 4.78 is 5.31. The number of aryl methyl sites for hydroxylation is 1. The fourth-order valence-corrected chi connectivity index (χ4v) is 2.31. The molecule has 1 heterocycles. The van der Waals surface area contributed by atoms with Crippen LogP contribution in [0.5, 0.6) is 0 Å². The summed E-state index contributed by atoms with van der Waals surface area (Å²) in [6, 6.07) is 1.98. The van der Waals surface area contributed by atoms with E-state index in [1.165, 1.54) is 5.56 Å². The van der Waals surface area contributed by atoms with Crippen LogP contribution in [0.2, 0.25) is 0 Å². The lowest BCUT2D eigenvalue weighted by Gasteiger charge is -2.15. The van der Waals surface area contributed by atoms with Crippen molar-refractivity contribution in [1.82, 2.24) is 0 Å². The maximum absolute atomic E-state index is 9.49. The molecule has 0 atom stereocenters. The second-order valence-corrected chi connectivity index (χ2v) is 5.25. The number of furan rings is 1. The van der Waals surface area contributed by atoms with Crippen LogP contribution in [0.25, 0.3) is 0 Å². The first-order valence-corrected chi connectivity index (χ1v) is 5.97. The van der Waals surface area contributed by atoms with E-state index in [9.17, 15) is 5.11 Å². The van der Waals surface area contributed by atoms with Gasteiger partial charge in [-0.3, -0.25) is 0 Å². The Labute approximate surface area is 89.7 Å². The third kappa shape index (κ3) is 4.20. The highest BCUT2D eigenvalue weighted by Gasteiger charge is 2.11. The van der Waals surface area contributed by atoms with Crippen molar-refractivity contribution in [2.45, 2.75) is 38.5 Å². The Morgan fingerprint density at radius 1 is 1.50 bits per heavy atom. The van der Waals surface area contributed by atoms with Crippen molar-refractivity contribution in [3.05, 3.63) is 23.7 Å². The molecule has 0 aliphatic carbocycles. The maximum Gasteiger partial charge on any atom is 0.116 e. The summed E-state index contributed by atoms with van der Waals surface area (Å²) in [5.74, 6) is 2.91. The van der Waals surface area contributed by atoms with Crippen molar-refractivity contribution in [2.24, 2.45) is 0 Å². The lowest BCUT2D eigenvalue weighted by atomic mass is 10.1. The molecule has 0 amide bonds. The molecule has 0 radical (unpaired) electrons. The van der Waals surface area contributed by atoms with Crippen molar-refractivity contribution >= 4 is 11.8 Å². The predicted octanol–water partition coefficient (Wildman–Crippen LogP) is 2.98. The average molecular weight is 214 g/mol. The molecule has 0 saturated carbocycles. The van der Waals surface area contributed by atoms with Crippen molar-refractivity contribution in [3.8, 4) is 0 Å². The minimum atomic E-state index is -0.550. The van der Waals surface area contributed by atoms with Gasteiger partial charge in [-0.2, -0.15) is 11.8 Å². The molecule has 80 valence electrons. The molecule has 0 saturated heterocycles. The summed E-state index contributed by atoms with van der Waals surface area (Å²) in [5.41, 5.74) is 0.659. The molecule has 0 unspecified atom stereocenters. The van der Waals surface area contributed by atoms with E-state index in [1.807, 2.05) is 19.9 Å². The maximum atomic E-state index is 9.49. The Bertz CT molecular complexity index is 273. The van der Waals surface area contributed by atoms with Crippen LogP contribution in [0.3, 0.4) is 0 Å². The molecular formula is C11H18O2S. The van der Waals surface area contributed by atoms with Crippen LogP contribution in [0.1, 0.15) is 31.6 Å². The van der Waals surface area contributed by atoms with Crippen LogP contribution in [0, 0.1) is 6.92 Å². The molecule has 1 rings (SSSR count). The Morgan fingerprint density at radius 2 is 2.21 bits per heavy atom. The second kappa shape index (κ2) is 4.89. The summed E-state index contributed by atoms with van der Waals surface area (Å²) in [7, 11) is 0. The first-order chi connectivity index (χ1) is 6.49. The highest BCUT2D eigenvalue weighted by atomic mass is 32.2. The van der Waals surface area contributed by atoms with Gasteiger partial charge in [-0.15, -0.1) is 0 Å². The van der Waals surface area contributed by atoms with Gasteiger partial charge < -0.3 is 9.52 Å². The number of thioether (sulfide) groups is 1. The van der Waals surface area contributed by atoms with Gasteiger partial charge in [0.1, 0.15) is 5.76 Å². The molecule has 0 fully saturated rings. The average Bonchev–Trinajstić information content (AvgIpc) is 2.44. The molecule has 1 aromatic heterocycles. The molecule has 0 aliphatic heterocycles. The number of hydrogen-bond acceptors (Lipinski definition) is 3. The molecule has 0 spiro atoms. The Balaban J connectivity index is 2.20. The molecule has 0 aliphatic rings. The Morgan fingerprint density at radius 3 is 2.71 bits per heavy atom. The second-order valence-electron chi connectivity index (χ2n) is 4.14. The zero-order valence-corrected chi connectivity index (χ0v) is 9.86. The van der Waals surface area contributed by atoms with E-state index >= 15 is 0 Å². The van der Waals surface area contributed by atoms with Crippen molar-refractivity contribution < 1.29 is 9.52 Å². The molecule has 1 N–H and O–H groups in total.